The van der Waals surface area contributed by atoms with Gasteiger partial charge in [0.25, 0.3) is 0 Å². The molecule has 2 aromatic carbocycles. The lowest BCUT2D eigenvalue weighted by Crippen LogP contribution is -2.23. The first kappa shape index (κ1) is 18.9. The van der Waals surface area contributed by atoms with Crippen LogP contribution in [0, 0.1) is 13.8 Å². The molecule has 0 bridgehead atoms. The highest BCUT2D eigenvalue weighted by molar-refractivity contribution is 7.89. The van der Waals surface area contributed by atoms with E-state index in [1.807, 2.05) is 38.1 Å². The number of ether oxygens (including phenoxy) is 2. The minimum atomic E-state index is -3.68. The Morgan fingerprint density at radius 3 is 2.61 bits per heavy atom. The number of fused-ring (bicyclic) bond motifs is 1. The molecule has 3 aromatic rings. The summed E-state index contributed by atoms with van der Waals surface area (Å²) in [7, 11) is -3.68. The molecular formula is C20H20N2O4S2. The predicted molar refractivity (Wildman–Crippen MR) is 108 cm³/mol. The van der Waals surface area contributed by atoms with Crippen LogP contribution in [0.4, 0.5) is 0 Å². The molecule has 1 aliphatic heterocycles. The maximum absolute atomic E-state index is 12.7. The second-order valence-electron chi connectivity index (χ2n) is 6.47. The van der Waals surface area contributed by atoms with Gasteiger partial charge in [-0.2, -0.15) is 0 Å². The summed E-state index contributed by atoms with van der Waals surface area (Å²) in [5.74, 6) is 1.01. The molecule has 146 valence electrons. The lowest BCUT2D eigenvalue weighted by Gasteiger charge is -2.18. The van der Waals surface area contributed by atoms with Gasteiger partial charge in [0.1, 0.15) is 18.2 Å². The maximum atomic E-state index is 12.7. The Balaban J connectivity index is 1.53. The number of aromatic nitrogens is 1. The Hall–Kier alpha value is -2.42. The summed E-state index contributed by atoms with van der Waals surface area (Å²) in [5, 5.41) is 0.893. The number of nitrogens with one attached hydrogen (secondary N) is 1. The zero-order chi connectivity index (χ0) is 19.7. The van der Waals surface area contributed by atoms with E-state index >= 15 is 0 Å². The fraction of sp³-hybridized carbons (Fsp3) is 0.250. The average Bonchev–Trinajstić information content (AvgIpc) is 3.07. The van der Waals surface area contributed by atoms with Crippen LogP contribution in [-0.4, -0.2) is 26.6 Å². The van der Waals surface area contributed by atoms with Gasteiger partial charge in [-0.05, 0) is 31.5 Å². The van der Waals surface area contributed by atoms with Crippen molar-refractivity contribution in [1.82, 2.24) is 9.71 Å². The molecule has 0 aliphatic carbocycles. The molecule has 6 nitrogen and oxygen atoms in total. The highest BCUT2D eigenvalue weighted by Gasteiger charge is 2.20. The number of hydrogen-bond acceptors (Lipinski definition) is 6. The number of aryl methyl sites for hydroxylation is 2. The topological polar surface area (TPSA) is 77.5 Å². The number of nitrogens with zero attached hydrogens (tertiary/aromatic N) is 1. The lowest BCUT2D eigenvalue weighted by molar-refractivity contribution is 0.171. The summed E-state index contributed by atoms with van der Waals surface area (Å²) in [6.07, 6.45) is 0. The molecule has 0 amide bonds. The monoisotopic (exact) mass is 416 g/mol. The van der Waals surface area contributed by atoms with E-state index in [1.165, 1.54) is 23.5 Å². The van der Waals surface area contributed by atoms with E-state index in [2.05, 4.69) is 9.71 Å². The molecule has 1 aromatic heterocycles. The van der Waals surface area contributed by atoms with E-state index in [4.69, 9.17) is 9.47 Å². The maximum Gasteiger partial charge on any atom is 0.241 e. The molecule has 0 saturated heterocycles. The first-order valence-corrected chi connectivity index (χ1v) is 11.2. The van der Waals surface area contributed by atoms with Crippen molar-refractivity contribution in [1.29, 1.82) is 0 Å². The highest BCUT2D eigenvalue weighted by atomic mass is 32.2. The molecule has 0 radical (unpaired) electrons. The number of thiazole rings is 1. The van der Waals surface area contributed by atoms with Crippen molar-refractivity contribution in [2.45, 2.75) is 25.3 Å². The Morgan fingerprint density at radius 2 is 1.82 bits per heavy atom. The molecule has 0 unspecified atom stereocenters. The van der Waals surface area contributed by atoms with Crippen molar-refractivity contribution in [2.24, 2.45) is 0 Å². The standard InChI is InChI=1S/C20H20N2O4S2/c1-13-5-3-4-6-16(13)20-22-14(2)19(27-20)12-21-28(23,24)15-7-8-17-18(11-15)26-10-9-25-17/h3-8,11,21H,9-10,12H2,1-2H3. The van der Waals surface area contributed by atoms with Gasteiger partial charge >= 0.3 is 0 Å². The molecule has 1 aliphatic rings. The van der Waals surface area contributed by atoms with Gasteiger partial charge in [-0.3, -0.25) is 0 Å². The SMILES string of the molecule is Cc1ccccc1-c1nc(C)c(CNS(=O)(=O)c2ccc3c(c2)OCCO3)s1. The second kappa shape index (κ2) is 7.54. The molecule has 0 fully saturated rings. The van der Waals surface area contributed by atoms with Crippen molar-refractivity contribution in [2.75, 3.05) is 13.2 Å². The first-order chi connectivity index (χ1) is 13.4. The van der Waals surface area contributed by atoms with Gasteiger partial charge in [-0.15, -0.1) is 11.3 Å². The summed E-state index contributed by atoms with van der Waals surface area (Å²) >= 11 is 1.50. The zero-order valence-corrected chi connectivity index (χ0v) is 17.2. The molecule has 8 heteroatoms. The van der Waals surface area contributed by atoms with Crippen LogP contribution < -0.4 is 14.2 Å². The van der Waals surface area contributed by atoms with Gasteiger partial charge in [0.2, 0.25) is 10.0 Å². The van der Waals surface area contributed by atoms with E-state index in [-0.39, 0.29) is 11.4 Å². The smallest absolute Gasteiger partial charge is 0.241 e. The van der Waals surface area contributed by atoms with Crippen molar-refractivity contribution in [3.8, 4) is 22.1 Å². The van der Waals surface area contributed by atoms with Gasteiger partial charge in [0.05, 0.1) is 10.6 Å². The van der Waals surface area contributed by atoms with Gasteiger partial charge in [0.15, 0.2) is 11.5 Å². The van der Waals surface area contributed by atoms with Crippen molar-refractivity contribution in [3.05, 3.63) is 58.6 Å². The van der Waals surface area contributed by atoms with Gasteiger partial charge in [0, 0.05) is 23.1 Å². The van der Waals surface area contributed by atoms with Crippen LogP contribution in [0.5, 0.6) is 11.5 Å². The van der Waals surface area contributed by atoms with Gasteiger partial charge in [-0.25, -0.2) is 18.1 Å². The molecule has 1 N–H and O–H groups in total. The van der Waals surface area contributed by atoms with E-state index in [1.54, 1.807) is 6.07 Å². The minimum absolute atomic E-state index is 0.151. The summed E-state index contributed by atoms with van der Waals surface area (Å²) < 4.78 is 39.0. The average molecular weight is 417 g/mol. The van der Waals surface area contributed by atoms with Crippen LogP contribution in [0.2, 0.25) is 0 Å². The molecular weight excluding hydrogens is 396 g/mol. The summed E-state index contributed by atoms with van der Waals surface area (Å²) in [5.41, 5.74) is 3.03. The van der Waals surface area contributed by atoms with Crippen LogP contribution in [0.25, 0.3) is 10.6 Å². The third-order valence-corrected chi connectivity index (χ3v) is 7.10. The molecule has 0 spiro atoms. The Labute approximate surface area is 168 Å². The Morgan fingerprint density at radius 1 is 1.07 bits per heavy atom. The van der Waals surface area contributed by atoms with Crippen LogP contribution >= 0.6 is 11.3 Å². The summed E-state index contributed by atoms with van der Waals surface area (Å²) in [4.78, 5) is 5.66. The quantitative estimate of drug-likeness (QED) is 0.687. The van der Waals surface area contributed by atoms with Gasteiger partial charge < -0.3 is 9.47 Å². The largest absolute Gasteiger partial charge is 0.486 e. The number of sulfonamides is 1. The van der Waals surface area contributed by atoms with E-state index < -0.39 is 10.0 Å². The number of rotatable bonds is 5. The molecule has 4 rings (SSSR count). The normalized spacial score (nSPS) is 13.5. The molecule has 0 saturated carbocycles. The third kappa shape index (κ3) is 3.76. The van der Waals surface area contributed by atoms with E-state index in [0.717, 1.165) is 26.7 Å². The molecule has 2 heterocycles. The van der Waals surface area contributed by atoms with Crippen LogP contribution in [0.15, 0.2) is 47.4 Å². The fourth-order valence-electron chi connectivity index (χ4n) is 2.95. The summed E-state index contributed by atoms with van der Waals surface area (Å²) in [6.45, 7) is 4.99. The number of hydrogen-bond donors (Lipinski definition) is 1. The second-order valence-corrected chi connectivity index (χ2v) is 9.32. The fourth-order valence-corrected chi connectivity index (χ4v) is 5.15. The predicted octanol–water partition coefficient (Wildman–Crippen LogP) is 3.68. The third-order valence-electron chi connectivity index (χ3n) is 4.51. The van der Waals surface area contributed by atoms with Gasteiger partial charge in [-0.1, -0.05) is 24.3 Å². The Kier molecular flexibility index (Phi) is 5.09. The van der Waals surface area contributed by atoms with Crippen molar-refractivity contribution >= 4 is 21.4 Å². The van der Waals surface area contributed by atoms with Crippen LogP contribution in [-0.2, 0) is 16.6 Å². The Bertz CT molecular complexity index is 1120. The molecule has 28 heavy (non-hydrogen) atoms. The van der Waals surface area contributed by atoms with Crippen LogP contribution in [0.3, 0.4) is 0 Å². The highest BCUT2D eigenvalue weighted by Crippen LogP contribution is 2.33. The van der Waals surface area contributed by atoms with E-state index in [9.17, 15) is 8.42 Å². The van der Waals surface area contributed by atoms with E-state index in [0.29, 0.717) is 24.7 Å². The zero-order valence-electron chi connectivity index (χ0n) is 15.6. The molecule has 0 atom stereocenters. The number of benzene rings is 2. The summed E-state index contributed by atoms with van der Waals surface area (Å²) in [6, 6.07) is 12.7. The minimum Gasteiger partial charge on any atom is -0.486 e. The van der Waals surface area contributed by atoms with Crippen molar-refractivity contribution < 1.29 is 17.9 Å². The lowest BCUT2D eigenvalue weighted by atomic mass is 10.1. The van der Waals surface area contributed by atoms with Crippen molar-refractivity contribution in [3.63, 3.8) is 0 Å². The first-order valence-electron chi connectivity index (χ1n) is 8.86. The van der Waals surface area contributed by atoms with Crippen LogP contribution in [0.1, 0.15) is 16.1 Å².